The van der Waals surface area contributed by atoms with Crippen molar-refractivity contribution in [3.8, 4) is 6.07 Å². The normalized spacial score (nSPS) is 9.15. The Balaban J connectivity index is 2.46. The molecule has 0 bridgehead atoms. The first-order chi connectivity index (χ1) is 6.34. The zero-order valence-corrected chi connectivity index (χ0v) is 8.70. The number of rotatable bonds is 3. The van der Waals surface area contributed by atoms with E-state index in [0.717, 1.165) is 15.5 Å². The Morgan fingerprint density at radius 2 is 2.08 bits per heavy atom. The van der Waals surface area contributed by atoms with Gasteiger partial charge >= 0.3 is 0 Å². The van der Waals surface area contributed by atoms with Gasteiger partial charge in [-0.1, -0.05) is 42.5 Å². The average Bonchev–Trinajstić information content (AvgIpc) is 2.19. The van der Waals surface area contributed by atoms with Crippen molar-refractivity contribution in [2.45, 2.75) is 6.42 Å². The van der Waals surface area contributed by atoms with Crippen molar-refractivity contribution in [2.75, 3.05) is 5.75 Å². The molecule has 0 fully saturated rings. The van der Waals surface area contributed by atoms with Gasteiger partial charge in [0.05, 0.1) is 10.3 Å². The summed E-state index contributed by atoms with van der Waals surface area (Å²) >= 11 is 6.75. The van der Waals surface area contributed by atoms with E-state index in [0.29, 0.717) is 6.42 Å². The second-order valence-electron chi connectivity index (χ2n) is 2.41. The summed E-state index contributed by atoms with van der Waals surface area (Å²) in [4.78, 5) is 0. The molecule has 1 rings (SSSR count). The summed E-state index contributed by atoms with van der Waals surface area (Å²) in [6.07, 6.45) is 0.553. The third-order valence-corrected chi connectivity index (χ3v) is 2.95. The molecule has 0 aliphatic heterocycles. The lowest BCUT2D eigenvalue weighted by Gasteiger charge is -2.00. The minimum absolute atomic E-state index is 0.553. The molecule has 0 unspecified atom stereocenters. The van der Waals surface area contributed by atoms with Crippen LogP contribution in [0.15, 0.2) is 30.3 Å². The van der Waals surface area contributed by atoms with Crippen molar-refractivity contribution in [1.82, 2.24) is 0 Å². The van der Waals surface area contributed by atoms with Crippen molar-refractivity contribution in [3.05, 3.63) is 35.9 Å². The highest BCUT2D eigenvalue weighted by Gasteiger charge is 1.99. The maximum Gasteiger partial charge on any atom is 0.0778 e. The molecule has 0 heterocycles. The summed E-state index contributed by atoms with van der Waals surface area (Å²) in [5, 5.41) is 8.34. The van der Waals surface area contributed by atoms with E-state index in [9.17, 15) is 0 Å². The van der Waals surface area contributed by atoms with Gasteiger partial charge in [0.2, 0.25) is 0 Å². The minimum atomic E-state index is 0.553. The van der Waals surface area contributed by atoms with Gasteiger partial charge in [0.25, 0.3) is 0 Å². The largest absolute Gasteiger partial charge is 0.198 e. The van der Waals surface area contributed by atoms with E-state index in [1.54, 1.807) is 11.8 Å². The van der Waals surface area contributed by atoms with Crippen molar-refractivity contribution < 1.29 is 0 Å². The van der Waals surface area contributed by atoms with Crippen LogP contribution in [0.1, 0.15) is 12.0 Å². The average molecular weight is 207 g/mol. The van der Waals surface area contributed by atoms with E-state index < -0.39 is 0 Å². The van der Waals surface area contributed by atoms with Crippen LogP contribution in [0.3, 0.4) is 0 Å². The van der Waals surface area contributed by atoms with Gasteiger partial charge in [-0.3, -0.25) is 0 Å². The smallest absolute Gasteiger partial charge is 0.0778 e. The highest BCUT2D eigenvalue weighted by molar-refractivity contribution is 8.23. The van der Waals surface area contributed by atoms with E-state index >= 15 is 0 Å². The maximum absolute atomic E-state index is 8.34. The van der Waals surface area contributed by atoms with Crippen molar-refractivity contribution in [1.29, 1.82) is 5.26 Å². The summed E-state index contributed by atoms with van der Waals surface area (Å²) in [5.74, 6) is 0.782. The van der Waals surface area contributed by atoms with E-state index in [4.69, 9.17) is 17.5 Å². The molecule has 0 saturated heterocycles. The summed E-state index contributed by atoms with van der Waals surface area (Å²) < 4.78 is 0.871. The Bertz CT molecular complexity index is 313. The number of hydrogen-bond donors (Lipinski definition) is 0. The number of nitrogens with zero attached hydrogens (tertiary/aromatic N) is 1. The SMILES string of the molecule is N#CCCSC(=S)c1ccccc1. The molecule has 3 heteroatoms. The number of thiocarbonyl (C=S) groups is 1. The molecule has 0 atom stereocenters. The van der Waals surface area contributed by atoms with Gasteiger partial charge in [-0.05, 0) is 5.56 Å². The Labute approximate surface area is 87.8 Å². The van der Waals surface area contributed by atoms with Crippen LogP contribution in [0.4, 0.5) is 0 Å². The quantitative estimate of drug-likeness (QED) is 0.562. The molecule has 0 aliphatic carbocycles. The lowest BCUT2D eigenvalue weighted by molar-refractivity contribution is 1.25. The van der Waals surface area contributed by atoms with Gasteiger partial charge in [-0.25, -0.2) is 0 Å². The Hall–Kier alpha value is -0.850. The van der Waals surface area contributed by atoms with Crippen LogP contribution < -0.4 is 0 Å². The van der Waals surface area contributed by atoms with Crippen molar-refractivity contribution in [3.63, 3.8) is 0 Å². The zero-order chi connectivity index (χ0) is 9.52. The van der Waals surface area contributed by atoms with Gasteiger partial charge in [0.1, 0.15) is 0 Å². The number of thioether (sulfide) groups is 1. The molecule has 0 radical (unpaired) electrons. The third-order valence-electron chi connectivity index (χ3n) is 1.46. The minimum Gasteiger partial charge on any atom is -0.198 e. The lowest BCUT2D eigenvalue weighted by atomic mass is 10.2. The van der Waals surface area contributed by atoms with E-state index in [1.807, 2.05) is 30.3 Å². The molecule has 13 heavy (non-hydrogen) atoms. The predicted octanol–water partition coefficient (Wildman–Crippen LogP) is 3.01. The molecule has 0 spiro atoms. The van der Waals surface area contributed by atoms with Gasteiger partial charge in [-0.2, -0.15) is 5.26 Å². The van der Waals surface area contributed by atoms with Gasteiger partial charge < -0.3 is 0 Å². The van der Waals surface area contributed by atoms with Crippen LogP contribution in [0.5, 0.6) is 0 Å². The van der Waals surface area contributed by atoms with Crippen LogP contribution in [0.2, 0.25) is 0 Å². The molecular weight excluding hydrogens is 198 g/mol. The first kappa shape index (κ1) is 10.2. The number of benzene rings is 1. The van der Waals surface area contributed by atoms with Crippen LogP contribution in [0.25, 0.3) is 0 Å². The Morgan fingerprint density at radius 1 is 1.38 bits per heavy atom. The van der Waals surface area contributed by atoms with Crippen LogP contribution in [-0.4, -0.2) is 9.95 Å². The van der Waals surface area contributed by atoms with Gasteiger partial charge in [0, 0.05) is 12.2 Å². The highest BCUT2D eigenvalue weighted by atomic mass is 32.2. The molecule has 1 nitrogen and oxygen atoms in total. The monoisotopic (exact) mass is 207 g/mol. The first-order valence-corrected chi connectivity index (χ1v) is 5.33. The number of hydrogen-bond acceptors (Lipinski definition) is 3. The fourth-order valence-corrected chi connectivity index (χ4v) is 1.91. The van der Waals surface area contributed by atoms with E-state index in [-0.39, 0.29) is 0 Å². The summed E-state index contributed by atoms with van der Waals surface area (Å²) in [5.41, 5.74) is 1.07. The van der Waals surface area contributed by atoms with Crippen LogP contribution >= 0.6 is 24.0 Å². The maximum atomic E-state index is 8.34. The Morgan fingerprint density at radius 3 is 2.69 bits per heavy atom. The number of nitriles is 1. The highest BCUT2D eigenvalue weighted by Crippen LogP contribution is 2.14. The van der Waals surface area contributed by atoms with E-state index in [2.05, 4.69) is 6.07 Å². The van der Waals surface area contributed by atoms with E-state index in [1.165, 1.54) is 0 Å². The second kappa shape index (κ2) is 5.74. The fourth-order valence-electron chi connectivity index (χ4n) is 0.847. The Kier molecular flexibility index (Phi) is 4.52. The third kappa shape index (κ3) is 3.58. The predicted molar refractivity (Wildman–Crippen MR) is 60.8 cm³/mol. The van der Waals surface area contributed by atoms with Crippen LogP contribution in [0, 0.1) is 11.3 Å². The summed E-state index contributed by atoms with van der Waals surface area (Å²) in [7, 11) is 0. The molecule has 0 amide bonds. The molecule has 0 N–H and O–H groups in total. The molecule has 0 saturated carbocycles. The standard InChI is InChI=1S/C10H9NS2/c11-7-4-8-13-10(12)9-5-2-1-3-6-9/h1-3,5-6H,4,8H2. The molecule has 0 aromatic heterocycles. The van der Waals surface area contributed by atoms with Crippen LogP contribution in [-0.2, 0) is 0 Å². The van der Waals surface area contributed by atoms with Gasteiger partial charge in [0.15, 0.2) is 0 Å². The lowest BCUT2D eigenvalue weighted by Crippen LogP contribution is -1.91. The van der Waals surface area contributed by atoms with Crippen molar-refractivity contribution in [2.24, 2.45) is 0 Å². The molecule has 1 aromatic rings. The summed E-state index contributed by atoms with van der Waals surface area (Å²) in [6.45, 7) is 0. The zero-order valence-electron chi connectivity index (χ0n) is 7.06. The summed E-state index contributed by atoms with van der Waals surface area (Å²) in [6, 6.07) is 12.0. The van der Waals surface area contributed by atoms with Crippen molar-refractivity contribution >= 4 is 28.2 Å². The molecule has 0 aliphatic rings. The fraction of sp³-hybridized carbons (Fsp3) is 0.200. The molecule has 66 valence electrons. The topological polar surface area (TPSA) is 23.8 Å². The first-order valence-electron chi connectivity index (χ1n) is 3.93. The molecule has 1 aromatic carbocycles. The second-order valence-corrected chi connectivity index (χ2v) is 4.18. The molecular formula is C10H9NS2. The van der Waals surface area contributed by atoms with Gasteiger partial charge in [-0.15, -0.1) is 11.8 Å².